The summed E-state index contributed by atoms with van der Waals surface area (Å²) in [6, 6.07) is 0.229. The maximum atomic E-state index is 11.6. The Kier molecular flexibility index (Phi) is 4.86. The van der Waals surface area contributed by atoms with Gasteiger partial charge in [-0.15, -0.1) is 0 Å². The van der Waals surface area contributed by atoms with Crippen molar-refractivity contribution in [2.45, 2.75) is 46.1 Å². The van der Waals surface area contributed by atoms with Crippen LogP contribution in [-0.2, 0) is 4.79 Å². The van der Waals surface area contributed by atoms with Crippen molar-refractivity contribution in [2.75, 3.05) is 12.3 Å². The number of hydrogen-bond donors (Lipinski definition) is 0. The molecule has 0 aromatic rings. The summed E-state index contributed by atoms with van der Waals surface area (Å²) in [6.07, 6.45) is 7.81. The molecule has 1 aliphatic carbocycles. The largest absolute Gasteiger partial charge is 0.291 e. The van der Waals surface area contributed by atoms with Crippen molar-refractivity contribution < 1.29 is 4.79 Å². The van der Waals surface area contributed by atoms with Gasteiger partial charge in [0, 0.05) is 19.2 Å². The van der Waals surface area contributed by atoms with Gasteiger partial charge in [-0.25, -0.2) is 0 Å². The molecule has 0 aromatic carbocycles. The predicted molar refractivity (Wildman–Crippen MR) is 82.4 cm³/mol. The topological polar surface area (TPSA) is 32.7 Å². The van der Waals surface area contributed by atoms with Crippen LogP contribution in [0.25, 0.3) is 0 Å². The van der Waals surface area contributed by atoms with Crippen LogP contribution in [0.15, 0.2) is 28.3 Å². The summed E-state index contributed by atoms with van der Waals surface area (Å²) in [5.41, 5.74) is 2.76. The standard InChI is InChI=1S/C15H22N2OS/c1-4-12-7-6-8-14(13(12)5-2)16-15-17(11(3)18)9-10-19-15/h4-5,14H,6-10H2,1-3H3/b12-4-,13-5+,16-15?. The molecule has 2 aliphatic rings. The number of aliphatic imine (C=N–C) groups is 1. The summed E-state index contributed by atoms with van der Waals surface area (Å²) in [7, 11) is 0. The first-order valence-corrected chi connectivity index (χ1v) is 7.96. The first kappa shape index (κ1) is 14.4. The predicted octanol–water partition coefficient (Wildman–Crippen LogP) is 3.38. The summed E-state index contributed by atoms with van der Waals surface area (Å²) in [5, 5.41) is 0.911. The van der Waals surface area contributed by atoms with Gasteiger partial charge in [0.2, 0.25) is 5.91 Å². The van der Waals surface area contributed by atoms with Crippen molar-refractivity contribution in [3.05, 3.63) is 23.3 Å². The summed E-state index contributed by atoms with van der Waals surface area (Å²) >= 11 is 1.70. The lowest BCUT2D eigenvalue weighted by Crippen LogP contribution is -2.31. The van der Waals surface area contributed by atoms with E-state index >= 15 is 0 Å². The molecule has 3 nitrogen and oxygen atoms in total. The number of carbonyl (C=O) groups excluding carboxylic acids is 1. The molecule has 1 unspecified atom stereocenters. The molecule has 1 saturated carbocycles. The van der Waals surface area contributed by atoms with Crippen molar-refractivity contribution >= 4 is 22.8 Å². The lowest BCUT2D eigenvalue weighted by Gasteiger charge is -2.26. The number of nitrogens with zero attached hydrogens (tertiary/aromatic N) is 2. The van der Waals surface area contributed by atoms with Gasteiger partial charge in [-0.05, 0) is 44.3 Å². The van der Waals surface area contributed by atoms with Crippen molar-refractivity contribution in [1.29, 1.82) is 0 Å². The highest BCUT2D eigenvalue weighted by Crippen LogP contribution is 2.32. The van der Waals surface area contributed by atoms with Crippen LogP contribution in [0.2, 0.25) is 0 Å². The van der Waals surface area contributed by atoms with Gasteiger partial charge < -0.3 is 0 Å². The molecule has 1 heterocycles. The second-order valence-corrected chi connectivity index (χ2v) is 5.96. The summed E-state index contributed by atoms with van der Waals surface area (Å²) in [5.74, 6) is 1.07. The van der Waals surface area contributed by atoms with Gasteiger partial charge in [0.25, 0.3) is 0 Å². The lowest BCUT2D eigenvalue weighted by atomic mass is 9.85. The molecule has 1 atom stereocenters. The van der Waals surface area contributed by atoms with Gasteiger partial charge in [-0.3, -0.25) is 14.7 Å². The maximum absolute atomic E-state index is 11.6. The Morgan fingerprint density at radius 1 is 1.42 bits per heavy atom. The van der Waals surface area contributed by atoms with Crippen LogP contribution in [-0.4, -0.2) is 34.3 Å². The third-order valence-corrected chi connectivity index (χ3v) is 4.71. The Balaban J connectivity index is 2.23. The van der Waals surface area contributed by atoms with Gasteiger partial charge in [0.15, 0.2) is 5.17 Å². The van der Waals surface area contributed by atoms with Crippen LogP contribution in [0.1, 0.15) is 40.0 Å². The SMILES string of the molecule is C/C=C1/CCCC(N=C2SCCN2C(C)=O)/C1=C/C. The fourth-order valence-corrected chi connectivity index (χ4v) is 3.79. The van der Waals surface area contributed by atoms with Crippen LogP contribution < -0.4 is 0 Å². The average molecular weight is 278 g/mol. The lowest BCUT2D eigenvalue weighted by molar-refractivity contribution is -0.124. The van der Waals surface area contributed by atoms with Crippen molar-refractivity contribution in [3.8, 4) is 0 Å². The van der Waals surface area contributed by atoms with Crippen molar-refractivity contribution in [2.24, 2.45) is 4.99 Å². The van der Waals surface area contributed by atoms with E-state index < -0.39 is 0 Å². The molecule has 0 bridgehead atoms. The van der Waals surface area contributed by atoms with E-state index in [4.69, 9.17) is 4.99 Å². The number of allylic oxidation sites excluding steroid dienone is 2. The molecule has 0 spiro atoms. The number of thioether (sulfide) groups is 1. The molecule has 2 fully saturated rings. The Morgan fingerprint density at radius 2 is 2.21 bits per heavy atom. The van der Waals surface area contributed by atoms with E-state index in [1.807, 2.05) is 4.90 Å². The zero-order valence-corrected chi connectivity index (χ0v) is 12.8. The molecule has 1 amide bonds. The molecule has 0 N–H and O–H groups in total. The Labute approximate surface area is 119 Å². The Bertz CT molecular complexity index is 451. The first-order chi connectivity index (χ1) is 9.17. The normalized spacial score (nSPS) is 30.6. The zero-order chi connectivity index (χ0) is 13.8. The highest BCUT2D eigenvalue weighted by molar-refractivity contribution is 8.14. The zero-order valence-electron chi connectivity index (χ0n) is 12.0. The highest BCUT2D eigenvalue weighted by Gasteiger charge is 2.27. The molecule has 0 radical (unpaired) electrons. The van der Waals surface area contributed by atoms with E-state index in [1.54, 1.807) is 18.7 Å². The van der Waals surface area contributed by atoms with Crippen LogP contribution in [0.3, 0.4) is 0 Å². The maximum Gasteiger partial charge on any atom is 0.225 e. The van der Waals surface area contributed by atoms with Crippen molar-refractivity contribution in [3.63, 3.8) is 0 Å². The van der Waals surface area contributed by atoms with E-state index in [-0.39, 0.29) is 11.9 Å². The monoisotopic (exact) mass is 278 g/mol. The van der Waals surface area contributed by atoms with E-state index in [9.17, 15) is 4.79 Å². The number of hydrogen-bond acceptors (Lipinski definition) is 3. The van der Waals surface area contributed by atoms with Crippen molar-refractivity contribution in [1.82, 2.24) is 4.90 Å². The third-order valence-electron chi connectivity index (χ3n) is 3.74. The summed E-state index contributed by atoms with van der Waals surface area (Å²) in [4.78, 5) is 18.2. The Hall–Kier alpha value is -1.03. The van der Waals surface area contributed by atoms with E-state index in [1.165, 1.54) is 17.6 Å². The van der Waals surface area contributed by atoms with E-state index in [2.05, 4.69) is 26.0 Å². The minimum atomic E-state index is 0.104. The van der Waals surface area contributed by atoms with Crippen LogP contribution >= 0.6 is 11.8 Å². The molecule has 1 aliphatic heterocycles. The van der Waals surface area contributed by atoms with Crippen LogP contribution in [0.4, 0.5) is 0 Å². The van der Waals surface area contributed by atoms with Gasteiger partial charge in [-0.1, -0.05) is 23.9 Å². The van der Waals surface area contributed by atoms with Crippen LogP contribution in [0, 0.1) is 0 Å². The molecule has 19 heavy (non-hydrogen) atoms. The summed E-state index contributed by atoms with van der Waals surface area (Å²) < 4.78 is 0. The molecule has 0 aromatic heterocycles. The van der Waals surface area contributed by atoms with Gasteiger partial charge in [0.05, 0.1) is 6.04 Å². The molecule has 104 valence electrons. The quantitative estimate of drug-likeness (QED) is 0.736. The molecule has 1 saturated heterocycles. The molecule has 4 heteroatoms. The van der Waals surface area contributed by atoms with E-state index in [0.717, 1.165) is 30.3 Å². The van der Waals surface area contributed by atoms with Gasteiger partial charge >= 0.3 is 0 Å². The first-order valence-electron chi connectivity index (χ1n) is 6.97. The number of carbonyl (C=O) groups is 1. The second-order valence-electron chi connectivity index (χ2n) is 4.90. The third kappa shape index (κ3) is 3.11. The molecular weight excluding hydrogens is 256 g/mol. The van der Waals surface area contributed by atoms with Gasteiger partial charge in [0.1, 0.15) is 0 Å². The Morgan fingerprint density at radius 3 is 2.84 bits per heavy atom. The number of amides is 1. The van der Waals surface area contributed by atoms with Crippen LogP contribution in [0.5, 0.6) is 0 Å². The fraction of sp³-hybridized carbons (Fsp3) is 0.600. The molecule has 2 rings (SSSR count). The van der Waals surface area contributed by atoms with E-state index in [0.29, 0.717) is 0 Å². The fourth-order valence-electron chi connectivity index (χ4n) is 2.76. The number of rotatable bonds is 1. The molecular formula is C15H22N2OS. The summed E-state index contributed by atoms with van der Waals surface area (Å²) in [6.45, 7) is 6.60. The average Bonchev–Trinajstić information content (AvgIpc) is 2.86. The smallest absolute Gasteiger partial charge is 0.225 e. The highest BCUT2D eigenvalue weighted by atomic mass is 32.2. The van der Waals surface area contributed by atoms with Gasteiger partial charge in [-0.2, -0.15) is 0 Å². The number of amidine groups is 1. The second kappa shape index (κ2) is 6.42. The minimum absolute atomic E-state index is 0.104. The minimum Gasteiger partial charge on any atom is -0.291 e.